The molecule has 8 heteroatoms. The van der Waals surface area contributed by atoms with E-state index in [0.29, 0.717) is 37.6 Å². The van der Waals surface area contributed by atoms with E-state index in [2.05, 4.69) is 5.32 Å². The summed E-state index contributed by atoms with van der Waals surface area (Å²) in [5.74, 6) is 0.216. The molecule has 0 atom stereocenters. The lowest BCUT2D eigenvalue weighted by molar-refractivity contribution is -0.119. The van der Waals surface area contributed by atoms with Crippen LogP contribution >= 0.6 is 0 Å². The van der Waals surface area contributed by atoms with E-state index in [1.807, 2.05) is 6.92 Å². The molecule has 0 radical (unpaired) electrons. The number of hydrogen-bond acceptors (Lipinski definition) is 5. The highest BCUT2D eigenvalue weighted by Crippen LogP contribution is 2.25. The number of rotatable bonds is 11. The molecule has 0 heterocycles. The number of nitrogens with zero attached hydrogens (tertiary/aromatic N) is 1. The summed E-state index contributed by atoms with van der Waals surface area (Å²) in [4.78, 5) is 12.5. The van der Waals surface area contributed by atoms with Crippen LogP contribution in [0.5, 0.6) is 5.75 Å². The zero-order valence-electron chi connectivity index (χ0n) is 16.1. The van der Waals surface area contributed by atoms with Gasteiger partial charge in [0.15, 0.2) is 0 Å². The summed E-state index contributed by atoms with van der Waals surface area (Å²) in [6.45, 7) is 3.16. The highest BCUT2D eigenvalue weighted by atomic mass is 32.2. The minimum atomic E-state index is -3.90. The summed E-state index contributed by atoms with van der Waals surface area (Å²) in [5.41, 5.74) is 0.383. The molecular weight excluding hydrogens is 380 g/mol. The van der Waals surface area contributed by atoms with Crippen LogP contribution in [-0.2, 0) is 19.6 Å². The van der Waals surface area contributed by atoms with E-state index >= 15 is 0 Å². The summed E-state index contributed by atoms with van der Waals surface area (Å²) >= 11 is 0. The Bertz CT molecular complexity index is 839. The normalized spacial score (nSPS) is 11.1. The summed E-state index contributed by atoms with van der Waals surface area (Å²) < 4.78 is 37.7. The number of nitrogens with one attached hydrogen (secondary N) is 1. The van der Waals surface area contributed by atoms with Gasteiger partial charge in [-0.2, -0.15) is 0 Å². The van der Waals surface area contributed by atoms with Gasteiger partial charge >= 0.3 is 0 Å². The van der Waals surface area contributed by atoms with Gasteiger partial charge in [0.1, 0.15) is 12.3 Å². The van der Waals surface area contributed by atoms with Crippen LogP contribution in [0.3, 0.4) is 0 Å². The minimum Gasteiger partial charge on any atom is -0.497 e. The number of carbonyl (C=O) groups excluding carboxylic acids is 1. The fourth-order valence-corrected chi connectivity index (χ4v) is 3.96. The van der Waals surface area contributed by atoms with Crippen LogP contribution < -0.4 is 14.4 Å². The molecule has 0 spiro atoms. The highest BCUT2D eigenvalue weighted by Gasteiger charge is 2.27. The van der Waals surface area contributed by atoms with Crippen molar-refractivity contribution in [3.63, 3.8) is 0 Å². The first-order chi connectivity index (χ1) is 13.5. The lowest BCUT2D eigenvalue weighted by Crippen LogP contribution is -2.41. The maximum Gasteiger partial charge on any atom is 0.264 e. The zero-order valence-corrected chi connectivity index (χ0v) is 16.9. The number of ether oxygens (including phenoxy) is 2. The minimum absolute atomic E-state index is 0.120. The van der Waals surface area contributed by atoms with Crippen LogP contribution in [-0.4, -0.2) is 47.7 Å². The van der Waals surface area contributed by atoms with Gasteiger partial charge in [-0.1, -0.05) is 18.2 Å². The van der Waals surface area contributed by atoms with E-state index in [1.165, 1.54) is 19.2 Å². The predicted molar refractivity (Wildman–Crippen MR) is 108 cm³/mol. The van der Waals surface area contributed by atoms with Crippen LogP contribution in [0.25, 0.3) is 0 Å². The maximum atomic E-state index is 13.1. The number of anilines is 1. The quantitative estimate of drug-likeness (QED) is 0.580. The summed E-state index contributed by atoms with van der Waals surface area (Å²) in [7, 11) is -2.37. The third-order valence-electron chi connectivity index (χ3n) is 3.97. The largest absolute Gasteiger partial charge is 0.497 e. The Kier molecular flexibility index (Phi) is 8.28. The van der Waals surface area contributed by atoms with Crippen LogP contribution in [0.1, 0.15) is 13.3 Å². The van der Waals surface area contributed by atoms with E-state index < -0.39 is 10.0 Å². The molecule has 152 valence electrons. The van der Waals surface area contributed by atoms with Crippen molar-refractivity contribution in [1.82, 2.24) is 5.32 Å². The Balaban J connectivity index is 2.20. The van der Waals surface area contributed by atoms with Gasteiger partial charge in [-0.3, -0.25) is 9.10 Å². The van der Waals surface area contributed by atoms with Crippen LogP contribution in [0.4, 0.5) is 5.69 Å². The van der Waals surface area contributed by atoms with Crippen molar-refractivity contribution in [1.29, 1.82) is 0 Å². The van der Waals surface area contributed by atoms with E-state index in [0.717, 1.165) is 4.31 Å². The summed E-state index contributed by atoms with van der Waals surface area (Å²) in [6, 6.07) is 14.6. The standard InChI is InChI=1S/C20H26N2O5S/c1-3-27-15-7-14-21-20(23)16-22(17-10-12-18(26-2)13-11-17)28(24,25)19-8-5-4-6-9-19/h4-6,8-13H,3,7,14-16H2,1-2H3,(H,21,23). The molecule has 0 aromatic heterocycles. The van der Waals surface area contributed by atoms with Gasteiger partial charge in [-0.25, -0.2) is 8.42 Å². The molecule has 0 aliphatic rings. The second-order valence-corrected chi connectivity index (χ2v) is 7.79. The monoisotopic (exact) mass is 406 g/mol. The summed E-state index contributed by atoms with van der Waals surface area (Å²) in [6.07, 6.45) is 0.660. The highest BCUT2D eigenvalue weighted by molar-refractivity contribution is 7.92. The first-order valence-corrected chi connectivity index (χ1v) is 10.5. The van der Waals surface area contributed by atoms with Gasteiger partial charge in [0.2, 0.25) is 5.91 Å². The van der Waals surface area contributed by atoms with Crippen molar-refractivity contribution in [2.75, 3.05) is 37.7 Å². The van der Waals surface area contributed by atoms with Gasteiger partial charge < -0.3 is 14.8 Å². The van der Waals surface area contributed by atoms with Crippen molar-refractivity contribution in [3.05, 3.63) is 54.6 Å². The Morgan fingerprint density at radius 1 is 1.07 bits per heavy atom. The van der Waals surface area contributed by atoms with Gasteiger partial charge in [-0.05, 0) is 49.7 Å². The lowest BCUT2D eigenvalue weighted by Gasteiger charge is -2.24. The Morgan fingerprint density at radius 2 is 1.75 bits per heavy atom. The smallest absolute Gasteiger partial charge is 0.264 e. The molecule has 0 saturated carbocycles. The number of methoxy groups -OCH3 is 1. The lowest BCUT2D eigenvalue weighted by atomic mass is 10.3. The topological polar surface area (TPSA) is 84.9 Å². The number of hydrogen-bond donors (Lipinski definition) is 1. The molecule has 2 aromatic carbocycles. The van der Waals surface area contributed by atoms with Crippen LogP contribution in [0.15, 0.2) is 59.5 Å². The van der Waals surface area contributed by atoms with Crippen molar-refractivity contribution >= 4 is 21.6 Å². The third-order valence-corrected chi connectivity index (χ3v) is 5.76. The SMILES string of the molecule is CCOCCCNC(=O)CN(c1ccc(OC)cc1)S(=O)(=O)c1ccccc1. The average molecular weight is 407 g/mol. The number of carbonyl (C=O) groups is 1. The van der Waals surface area contributed by atoms with Crippen molar-refractivity contribution in [2.24, 2.45) is 0 Å². The van der Waals surface area contributed by atoms with Gasteiger partial charge in [0.05, 0.1) is 17.7 Å². The second-order valence-electron chi connectivity index (χ2n) is 5.92. The van der Waals surface area contributed by atoms with Crippen molar-refractivity contribution < 1.29 is 22.7 Å². The molecule has 1 amide bonds. The Morgan fingerprint density at radius 3 is 2.36 bits per heavy atom. The van der Waals surface area contributed by atoms with Crippen LogP contribution in [0.2, 0.25) is 0 Å². The first-order valence-electron chi connectivity index (χ1n) is 9.05. The molecule has 0 aliphatic heterocycles. The second kappa shape index (κ2) is 10.7. The van der Waals surface area contributed by atoms with Gasteiger partial charge in [-0.15, -0.1) is 0 Å². The van der Waals surface area contributed by atoms with Gasteiger partial charge in [0.25, 0.3) is 10.0 Å². The number of amides is 1. The molecule has 0 saturated heterocycles. The average Bonchev–Trinajstić information content (AvgIpc) is 2.72. The molecule has 0 unspecified atom stereocenters. The molecule has 0 bridgehead atoms. The van der Waals surface area contributed by atoms with E-state index in [-0.39, 0.29) is 17.3 Å². The molecule has 2 aromatic rings. The van der Waals surface area contributed by atoms with Crippen LogP contribution in [0, 0.1) is 0 Å². The predicted octanol–water partition coefficient (Wildman–Crippen LogP) is 2.43. The molecule has 28 heavy (non-hydrogen) atoms. The van der Waals surface area contributed by atoms with Crippen molar-refractivity contribution in [2.45, 2.75) is 18.2 Å². The fraction of sp³-hybridized carbons (Fsp3) is 0.350. The Hall–Kier alpha value is -2.58. The fourth-order valence-electron chi connectivity index (χ4n) is 2.52. The molecule has 2 rings (SSSR count). The van der Waals surface area contributed by atoms with E-state index in [1.54, 1.807) is 42.5 Å². The Labute approximate surface area is 166 Å². The van der Waals surface area contributed by atoms with E-state index in [4.69, 9.17) is 9.47 Å². The molecular formula is C20H26N2O5S. The van der Waals surface area contributed by atoms with E-state index in [9.17, 15) is 13.2 Å². The number of sulfonamides is 1. The summed E-state index contributed by atoms with van der Waals surface area (Å²) in [5, 5.41) is 2.74. The molecule has 0 fully saturated rings. The third kappa shape index (κ3) is 5.97. The molecule has 1 N–H and O–H groups in total. The van der Waals surface area contributed by atoms with Gasteiger partial charge in [0, 0.05) is 19.8 Å². The molecule has 7 nitrogen and oxygen atoms in total. The van der Waals surface area contributed by atoms with Crippen molar-refractivity contribution in [3.8, 4) is 5.75 Å². The first kappa shape index (κ1) is 21.7. The maximum absolute atomic E-state index is 13.1. The zero-order chi connectivity index (χ0) is 20.4. The molecule has 0 aliphatic carbocycles. The number of benzene rings is 2.